The van der Waals surface area contributed by atoms with E-state index in [9.17, 15) is 0 Å². The van der Waals surface area contributed by atoms with Crippen molar-refractivity contribution in [3.05, 3.63) is 47.6 Å². The van der Waals surface area contributed by atoms with Crippen LogP contribution in [0.25, 0.3) is 0 Å². The summed E-state index contributed by atoms with van der Waals surface area (Å²) in [7, 11) is 0. The van der Waals surface area contributed by atoms with Crippen molar-refractivity contribution >= 4 is 0 Å². The van der Waals surface area contributed by atoms with Crippen LogP contribution in [0.2, 0.25) is 0 Å². The van der Waals surface area contributed by atoms with E-state index in [0.717, 1.165) is 6.42 Å². The first kappa shape index (κ1) is 21.7. The molecule has 3 aliphatic rings. The van der Waals surface area contributed by atoms with Crippen LogP contribution in [0.1, 0.15) is 45.4 Å². The first-order valence-electron chi connectivity index (χ1n) is 6.44. The zero-order chi connectivity index (χ0) is 11.2. The third kappa shape index (κ3) is 6.61. The van der Waals surface area contributed by atoms with Crippen molar-refractivity contribution in [2.45, 2.75) is 45.4 Å². The molecular weight excluding hydrogens is 354 g/mol. The van der Waals surface area contributed by atoms with Gasteiger partial charge in [0.1, 0.15) is 0 Å². The summed E-state index contributed by atoms with van der Waals surface area (Å²) in [6.45, 7) is 2.26. The van der Waals surface area contributed by atoms with Crippen LogP contribution in [0.5, 0.6) is 0 Å². The predicted octanol–water partition coefficient (Wildman–Crippen LogP) is -1.43. The van der Waals surface area contributed by atoms with Crippen LogP contribution in [0, 0.1) is 18.1 Å². The first-order valence-corrected chi connectivity index (χ1v) is 6.44. The minimum atomic E-state index is 0. The van der Waals surface area contributed by atoms with E-state index < -0.39 is 0 Å². The summed E-state index contributed by atoms with van der Waals surface area (Å²) in [4.78, 5) is 0. The van der Waals surface area contributed by atoms with Gasteiger partial charge in [-0.3, -0.25) is 12.2 Å². The van der Waals surface area contributed by atoms with Gasteiger partial charge in [-0.05, 0) is 6.42 Å². The molecule has 0 spiro atoms. The molecule has 0 heterocycles. The molecule has 19 heavy (non-hydrogen) atoms. The Kier molecular flexibility index (Phi) is 13.9. The van der Waals surface area contributed by atoms with Crippen LogP contribution < -0.4 is 24.8 Å². The third-order valence-electron chi connectivity index (χ3n) is 3.43. The van der Waals surface area contributed by atoms with E-state index in [1.807, 2.05) is 12.2 Å². The van der Waals surface area contributed by atoms with Gasteiger partial charge in [0.2, 0.25) is 0 Å². The largest absolute Gasteiger partial charge is 4.00 e. The van der Waals surface area contributed by atoms with Crippen molar-refractivity contribution in [1.29, 1.82) is 0 Å². The molecule has 0 aliphatic heterocycles. The SMILES string of the molecule is CCC1[C-]=CC2=C1CCCC2.[C-]1=CC=CC1.[Cl-].[Cl-].[Zr+4]. The van der Waals surface area contributed by atoms with Crippen LogP contribution >= 0.6 is 0 Å². The molecule has 0 bridgehead atoms. The number of hydrogen-bond donors (Lipinski definition) is 0. The Morgan fingerprint density at radius 2 is 1.95 bits per heavy atom. The van der Waals surface area contributed by atoms with E-state index in [2.05, 4.69) is 31.2 Å². The van der Waals surface area contributed by atoms with Crippen molar-refractivity contribution in [1.82, 2.24) is 0 Å². The van der Waals surface area contributed by atoms with Crippen LogP contribution in [-0.2, 0) is 26.2 Å². The second kappa shape index (κ2) is 12.2. The predicted molar refractivity (Wildman–Crippen MR) is 68.7 cm³/mol. The summed E-state index contributed by atoms with van der Waals surface area (Å²) in [5.41, 5.74) is 3.32. The van der Waals surface area contributed by atoms with E-state index in [4.69, 9.17) is 0 Å². The Labute approximate surface area is 149 Å². The molecule has 0 aromatic carbocycles. The monoisotopic (exact) mass is 372 g/mol. The van der Waals surface area contributed by atoms with Crippen LogP contribution in [0.3, 0.4) is 0 Å². The fourth-order valence-electron chi connectivity index (χ4n) is 2.52. The number of hydrogen-bond acceptors (Lipinski definition) is 0. The van der Waals surface area contributed by atoms with Crippen molar-refractivity contribution < 1.29 is 51.0 Å². The molecule has 3 aliphatic carbocycles. The summed E-state index contributed by atoms with van der Waals surface area (Å²) in [5.74, 6) is 0.685. The maximum Gasteiger partial charge on any atom is 4.00 e. The second-order valence-electron chi connectivity index (χ2n) is 4.53. The molecule has 1 atom stereocenters. The van der Waals surface area contributed by atoms with E-state index in [1.165, 1.54) is 32.1 Å². The Hall–Kier alpha value is 0.423. The van der Waals surface area contributed by atoms with Gasteiger partial charge in [-0.15, -0.1) is 6.42 Å². The average molecular weight is 374 g/mol. The molecule has 3 heteroatoms. The molecule has 1 unspecified atom stereocenters. The van der Waals surface area contributed by atoms with Crippen molar-refractivity contribution in [3.63, 3.8) is 0 Å². The molecule has 0 saturated carbocycles. The first-order chi connectivity index (χ1) is 7.92. The zero-order valence-corrected chi connectivity index (χ0v) is 15.4. The van der Waals surface area contributed by atoms with Gasteiger partial charge in [0.05, 0.1) is 0 Å². The van der Waals surface area contributed by atoms with Gasteiger partial charge >= 0.3 is 26.2 Å². The molecule has 0 N–H and O–H groups in total. The van der Waals surface area contributed by atoms with Gasteiger partial charge in [-0.25, -0.2) is 18.2 Å². The normalized spacial score (nSPS) is 21.6. The van der Waals surface area contributed by atoms with Crippen molar-refractivity contribution in [2.24, 2.45) is 5.92 Å². The molecule has 3 rings (SSSR count). The molecule has 0 aromatic heterocycles. The topological polar surface area (TPSA) is 0 Å². The molecule has 0 fully saturated rings. The number of rotatable bonds is 1. The van der Waals surface area contributed by atoms with E-state index >= 15 is 0 Å². The quantitative estimate of drug-likeness (QED) is 0.494. The van der Waals surface area contributed by atoms with Crippen LogP contribution in [0.4, 0.5) is 0 Å². The van der Waals surface area contributed by atoms with Gasteiger partial charge in [0.15, 0.2) is 0 Å². The number of allylic oxidation sites excluding steroid dienone is 8. The second-order valence-corrected chi connectivity index (χ2v) is 4.53. The zero-order valence-electron chi connectivity index (χ0n) is 11.4. The Balaban J connectivity index is 0. The van der Waals surface area contributed by atoms with Crippen LogP contribution in [-0.4, -0.2) is 0 Å². The van der Waals surface area contributed by atoms with Gasteiger partial charge in [-0.1, -0.05) is 38.5 Å². The van der Waals surface area contributed by atoms with Crippen molar-refractivity contribution in [3.8, 4) is 0 Å². The molecule has 0 amide bonds. The van der Waals surface area contributed by atoms with Crippen LogP contribution in [0.15, 0.2) is 35.5 Å². The summed E-state index contributed by atoms with van der Waals surface area (Å²) >= 11 is 0. The molecule has 0 aromatic rings. The van der Waals surface area contributed by atoms with Gasteiger partial charge in [0.25, 0.3) is 0 Å². The average Bonchev–Trinajstić information content (AvgIpc) is 3.02. The summed E-state index contributed by atoms with van der Waals surface area (Å²) < 4.78 is 0. The Morgan fingerprint density at radius 3 is 2.47 bits per heavy atom. The Morgan fingerprint density at radius 1 is 1.21 bits per heavy atom. The number of halogens is 2. The smallest absolute Gasteiger partial charge is 1.00 e. The summed E-state index contributed by atoms with van der Waals surface area (Å²) in [5, 5.41) is 0. The van der Waals surface area contributed by atoms with Gasteiger partial charge in [-0.2, -0.15) is 17.2 Å². The maximum absolute atomic E-state index is 3.45. The minimum Gasteiger partial charge on any atom is -1.00 e. The van der Waals surface area contributed by atoms with Gasteiger partial charge in [0, 0.05) is 0 Å². The Bertz CT molecular complexity index is 344. The molecular formula is C16H20Cl2Zr. The third-order valence-corrected chi connectivity index (χ3v) is 3.43. The molecule has 0 saturated heterocycles. The standard InChI is InChI=1S/C11H15.C5H5.2ClH.Zr/c1-2-9-7-8-10-5-3-4-6-11(9)10;1-2-4-5-3-1;;;/h8-9H,2-6H2,1H3;1-3H,4H2;2*1H;/q2*-1;;;+4/p-2. The molecule has 0 radical (unpaired) electrons. The van der Waals surface area contributed by atoms with Gasteiger partial charge < -0.3 is 24.8 Å². The van der Waals surface area contributed by atoms with E-state index in [0.29, 0.717) is 5.92 Å². The van der Waals surface area contributed by atoms with E-state index in [1.54, 1.807) is 11.1 Å². The van der Waals surface area contributed by atoms with Crippen molar-refractivity contribution in [2.75, 3.05) is 0 Å². The molecule has 0 nitrogen and oxygen atoms in total. The fraction of sp³-hybridized carbons (Fsp3) is 0.500. The summed E-state index contributed by atoms with van der Waals surface area (Å²) in [6.07, 6.45) is 22.4. The minimum absolute atomic E-state index is 0. The fourth-order valence-corrected chi connectivity index (χ4v) is 2.52. The molecule has 102 valence electrons. The van der Waals surface area contributed by atoms with E-state index in [-0.39, 0.29) is 51.0 Å². The summed E-state index contributed by atoms with van der Waals surface area (Å²) in [6, 6.07) is 0. The maximum atomic E-state index is 3.45.